The van der Waals surface area contributed by atoms with Crippen LogP contribution in [0.5, 0.6) is 0 Å². The maximum Gasteiger partial charge on any atom is 0.272 e. The molecule has 108 valence electrons. The predicted molar refractivity (Wildman–Crippen MR) is 84.1 cm³/mol. The van der Waals surface area contributed by atoms with Crippen LogP contribution in [0.4, 0.5) is 0 Å². The average Bonchev–Trinajstić information content (AvgIpc) is 2.67. The molecule has 0 amide bonds. The Balaban J connectivity index is 2.53. The molecule has 0 aliphatic rings. The van der Waals surface area contributed by atoms with E-state index in [9.17, 15) is 4.79 Å². The van der Waals surface area contributed by atoms with Gasteiger partial charge in [-0.3, -0.25) is 14.6 Å². The minimum Gasteiger partial charge on any atom is -0.288 e. The molecule has 20 heavy (non-hydrogen) atoms. The van der Waals surface area contributed by atoms with Crippen molar-refractivity contribution < 1.29 is 0 Å². The Kier molecular flexibility index (Phi) is 4.48. The quantitative estimate of drug-likeness (QED) is 0.884. The number of H-pyrrole nitrogens is 1. The molecule has 0 fully saturated rings. The molecule has 0 bridgehead atoms. The molecule has 2 aromatic rings. The number of nitrogens with one attached hydrogen (secondary N) is 1. The summed E-state index contributed by atoms with van der Waals surface area (Å²) in [7, 11) is 0. The van der Waals surface area contributed by atoms with E-state index >= 15 is 0 Å². The van der Waals surface area contributed by atoms with E-state index in [1.807, 2.05) is 16.8 Å². The average molecular weight is 272 g/mol. The summed E-state index contributed by atoms with van der Waals surface area (Å²) < 4.78 is 2.03. The van der Waals surface area contributed by atoms with Gasteiger partial charge in [-0.1, -0.05) is 57.0 Å². The van der Waals surface area contributed by atoms with Crippen molar-refractivity contribution in [3.05, 3.63) is 45.9 Å². The molecule has 0 atom stereocenters. The van der Waals surface area contributed by atoms with Gasteiger partial charge in [0.25, 0.3) is 5.56 Å². The second-order valence-electron chi connectivity index (χ2n) is 5.88. The molecule has 0 saturated carbocycles. The minimum atomic E-state index is 0.0259. The zero-order valence-corrected chi connectivity index (χ0v) is 12.9. The number of hydrogen-bond acceptors (Lipinski definition) is 1. The predicted octanol–water partition coefficient (Wildman–Crippen LogP) is 3.76. The van der Waals surface area contributed by atoms with Gasteiger partial charge in [0, 0.05) is 12.2 Å². The first-order valence-corrected chi connectivity index (χ1v) is 7.41. The van der Waals surface area contributed by atoms with Crippen molar-refractivity contribution in [2.75, 3.05) is 0 Å². The van der Waals surface area contributed by atoms with Crippen molar-refractivity contribution in [1.29, 1.82) is 0 Å². The third kappa shape index (κ3) is 3.03. The molecule has 0 unspecified atom stereocenters. The summed E-state index contributed by atoms with van der Waals surface area (Å²) in [5, 5.41) is 3.00. The monoisotopic (exact) mass is 272 g/mol. The van der Waals surface area contributed by atoms with Crippen LogP contribution < -0.4 is 5.56 Å². The van der Waals surface area contributed by atoms with Crippen molar-refractivity contribution in [3.8, 4) is 11.1 Å². The highest BCUT2D eigenvalue weighted by atomic mass is 16.1. The largest absolute Gasteiger partial charge is 0.288 e. The Bertz CT molecular complexity index is 617. The lowest BCUT2D eigenvalue weighted by atomic mass is 10.0. The summed E-state index contributed by atoms with van der Waals surface area (Å²) in [6, 6.07) is 8.20. The van der Waals surface area contributed by atoms with E-state index in [0.717, 1.165) is 36.2 Å². The molecule has 1 aromatic heterocycles. The van der Waals surface area contributed by atoms with Gasteiger partial charge >= 0.3 is 0 Å². The Morgan fingerprint density at radius 1 is 1.20 bits per heavy atom. The van der Waals surface area contributed by atoms with Crippen LogP contribution in [0.3, 0.4) is 0 Å². The van der Waals surface area contributed by atoms with E-state index in [4.69, 9.17) is 0 Å². The molecule has 0 aliphatic carbocycles. The van der Waals surface area contributed by atoms with Crippen molar-refractivity contribution in [2.24, 2.45) is 5.92 Å². The van der Waals surface area contributed by atoms with Gasteiger partial charge in [0.1, 0.15) is 0 Å². The maximum absolute atomic E-state index is 12.3. The van der Waals surface area contributed by atoms with Crippen LogP contribution in [-0.2, 0) is 13.0 Å². The van der Waals surface area contributed by atoms with Gasteiger partial charge in [-0.05, 0) is 24.8 Å². The Labute approximate surface area is 120 Å². The van der Waals surface area contributed by atoms with E-state index in [0.29, 0.717) is 5.92 Å². The molecule has 1 heterocycles. The first-order chi connectivity index (χ1) is 9.52. The van der Waals surface area contributed by atoms with Gasteiger partial charge in [0.15, 0.2) is 0 Å². The molecule has 1 aromatic carbocycles. The Morgan fingerprint density at radius 3 is 2.40 bits per heavy atom. The summed E-state index contributed by atoms with van der Waals surface area (Å²) in [5.74, 6) is 0.513. The number of aromatic nitrogens is 2. The zero-order chi connectivity index (χ0) is 14.7. The number of nitrogens with zero attached hydrogens (tertiary/aromatic N) is 1. The highest BCUT2D eigenvalue weighted by Gasteiger charge is 2.16. The van der Waals surface area contributed by atoms with Crippen molar-refractivity contribution in [1.82, 2.24) is 9.78 Å². The molecule has 0 radical (unpaired) electrons. The van der Waals surface area contributed by atoms with Crippen LogP contribution in [0, 0.1) is 12.8 Å². The number of benzene rings is 1. The molecular formula is C17H24N2O. The molecular weight excluding hydrogens is 248 g/mol. The van der Waals surface area contributed by atoms with Crippen LogP contribution in [0.15, 0.2) is 29.1 Å². The second-order valence-corrected chi connectivity index (χ2v) is 5.88. The maximum atomic E-state index is 12.3. The van der Waals surface area contributed by atoms with E-state index in [2.05, 4.69) is 44.9 Å². The Morgan fingerprint density at radius 2 is 1.85 bits per heavy atom. The summed E-state index contributed by atoms with van der Waals surface area (Å²) in [4.78, 5) is 12.3. The number of hydrogen-bond donors (Lipinski definition) is 1. The molecule has 2 rings (SSSR count). The van der Waals surface area contributed by atoms with E-state index < -0.39 is 0 Å². The summed E-state index contributed by atoms with van der Waals surface area (Å²) in [6.07, 6.45) is 1.96. The first kappa shape index (κ1) is 14.6. The fourth-order valence-electron chi connectivity index (χ4n) is 2.55. The number of aromatic amines is 1. The van der Waals surface area contributed by atoms with E-state index in [1.54, 1.807) is 0 Å². The van der Waals surface area contributed by atoms with Crippen molar-refractivity contribution in [3.63, 3.8) is 0 Å². The number of aryl methyl sites for hydroxylation is 1. The van der Waals surface area contributed by atoms with Gasteiger partial charge < -0.3 is 0 Å². The van der Waals surface area contributed by atoms with Gasteiger partial charge in [-0.25, -0.2) is 0 Å². The van der Waals surface area contributed by atoms with Crippen LogP contribution >= 0.6 is 0 Å². The minimum absolute atomic E-state index is 0.0259. The summed E-state index contributed by atoms with van der Waals surface area (Å²) in [5.41, 5.74) is 4.23. The number of rotatable bonds is 5. The fourth-order valence-corrected chi connectivity index (χ4v) is 2.55. The Hall–Kier alpha value is -1.77. The highest BCUT2D eigenvalue weighted by Crippen LogP contribution is 2.22. The van der Waals surface area contributed by atoms with Crippen LogP contribution in [0.25, 0.3) is 11.1 Å². The normalized spacial score (nSPS) is 11.2. The fraction of sp³-hybridized carbons (Fsp3) is 0.471. The van der Waals surface area contributed by atoms with Crippen molar-refractivity contribution in [2.45, 2.75) is 47.1 Å². The topological polar surface area (TPSA) is 37.8 Å². The van der Waals surface area contributed by atoms with Crippen LogP contribution in [0.2, 0.25) is 0 Å². The molecule has 0 saturated heterocycles. The van der Waals surface area contributed by atoms with Gasteiger partial charge in [-0.15, -0.1) is 0 Å². The van der Waals surface area contributed by atoms with E-state index in [-0.39, 0.29) is 5.56 Å². The molecule has 0 aliphatic heterocycles. The first-order valence-electron chi connectivity index (χ1n) is 7.41. The molecule has 0 spiro atoms. The zero-order valence-electron chi connectivity index (χ0n) is 12.9. The summed E-state index contributed by atoms with van der Waals surface area (Å²) >= 11 is 0. The smallest absolute Gasteiger partial charge is 0.272 e. The van der Waals surface area contributed by atoms with Crippen LogP contribution in [0.1, 0.15) is 38.4 Å². The molecule has 3 nitrogen and oxygen atoms in total. The standard InChI is InChI=1S/C17H24N2O/c1-5-6-15-16(14-9-7-13(4)8-10-14)17(20)18-19(15)11-12(2)3/h7-10,12H,5-6,11H2,1-4H3,(H,18,20). The van der Waals surface area contributed by atoms with E-state index in [1.165, 1.54) is 5.56 Å². The van der Waals surface area contributed by atoms with Crippen LogP contribution in [-0.4, -0.2) is 9.78 Å². The lowest BCUT2D eigenvalue weighted by Gasteiger charge is -2.11. The van der Waals surface area contributed by atoms with Gasteiger partial charge in [-0.2, -0.15) is 0 Å². The van der Waals surface area contributed by atoms with Gasteiger partial charge in [0.05, 0.1) is 5.56 Å². The third-order valence-corrected chi connectivity index (χ3v) is 3.45. The lowest BCUT2D eigenvalue weighted by molar-refractivity contribution is 0.465. The lowest BCUT2D eigenvalue weighted by Crippen LogP contribution is -2.11. The molecule has 1 N–H and O–H groups in total. The third-order valence-electron chi connectivity index (χ3n) is 3.45. The molecule has 3 heteroatoms. The van der Waals surface area contributed by atoms with Gasteiger partial charge in [0.2, 0.25) is 0 Å². The SMILES string of the molecule is CCCc1c(-c2ccc(C)cc2)c(=O)[nH]n1CC(C)C. The second kappa shape index (κ2) is 6.12. The summed E-state index contributed by atoms with van der Waals surface area (Å²) in [6.45, 7) is 9.40. The van der Waals surface area contributed by atoms with Crippen molar-refractivity contribution >= 4 is 0 Å². The highest BCUT2D eigenvalue weighted by molar-refractivity contribution is 5.65.